The van der Waals surface area contributed by atoms with Crippen molar-refractivity contribution in [1.29, 1.82) is 0 Å². The summed E-state index contributed by atoms with van der Waals surface area (Å²) in [5, 5.41) is 4.53. The van der Waals surface area contributed by atoms with Crippen molar-refractivity contribution in [2.24, 2.45) is 0 Å². The molecular weight excluding hydrogens is 258 g/mol. The monoisotopic (exact) mass is 285 g/mol. The number of thiazole rings is 1. The van der Waals surface area contributed by atoms with E-state index in [1.54, 1.807) is 7.11 Å². The van der Waals surface area contributed by atoms with Crippen LogP contribution in [0, 0.1) is 0 Å². The van der Waals surface area contributed by atoms with E-state index in [1.165, 1.54) is 10.6 Å². The summed E-state index contributed by atoms with van der Waals surface area (Å²) < 4.78 is 5.10. The summed E-state index contributed by atoms with van der Waals surface area (Å²) in [5.41, 5.74) is 1.27. The van der Waals surface area contributed by atoms with Crippen molar-refractivity contribution >= 4 is 16.5 Å². The molecular formula is C14H27N3OS. The van der Waals surface area contributed by atoms with Crippen molar-refractivity contribution in [2.75, 3.05) is 38.8 Å². The molecule has 0 saturated carbocycles. The summed E-state index contributed by atoms with van der Waals surface area (Å²) >= 11 is 1.82. The van der Waals surface area contributed by atoms with Crippen molar-refractivity contribution in [3.05, 3.63) is 10.6 Å². The lowest BCUT2D eigenvalue weighted by Gasteiger charge is -2.14. The normalized spacial score (nSPS) is 10.9. The maximum atomic E-state index is 5.10. The summed E-state index contributed by atoms with van der Waals surface area (Å²) in [5.74, 6) is 0. The minimum absolute atomic E-state index is 0.807. The van der Waals surface area contributed by atoms with Crippen molar-refractivity contribution in [3.63, 3.8) is 0 Å². The lowest BCUT2D eigenvalue weighted by Crippen LogP contribution is -2.19. The Kier molecular flexibility index (Phi) is 8.02. The van der Waals surface area contributed by atoms with Crippen LogP contribution in [0.2, 0.25) is 0 Å². The summed E-state index contributed by atoms with van der Waals surface area (Å²) in [6.07, 6.45) is 3.26. The van der Waals surface area contributed by atoms with Gasteiger partial charge >= 0.3 is 0 Å². The smallest absolute Gasteiger partial charge is 0.185 e. The SMILES string of the molecule is CCCc1nc(N(C)CCCOC)sc1CNCC. The molecule has 4 nitrogen and oxygen atoms in total. The van der Waals surface area contributed by atoms with Crippen molar-refractivity contribution in [3.8, 4) is 0 Å². The van der Waals surface area contributed by atoms with Crippen LogP contribution in [0.1, 0.15) is 37.3 Å². The molecule has 0 radical (unpaired) electrons. The zero-order valence-corrected chi connectivity index (χ0v) is 13.5. The minimum Gasteiger partial charge on any atom is -0.385 e. The van der Waals surface area contributed by atoms with Gasteiger partial charge in [-0.15, -0.1) is 11.3 Å². The highest BCUT2D eigenvalue weighted by Crippen LogP contribution is 2.26. The molecule has 19 heavy (non-hydrogen) atoms. The van der Waals surface area contributed by atoms with Gasteiger partial charge in [-0.3, -0.25) is 0 Å². The lowest BCUT2D eigenvalue weighted by atomic mass is 10.2. The van der Waals surface area contributed by atoms with E-state index in [-0.39, 0.29) is 0 Å². The Labute approximate surface area is 121 Å². The van der Waals surface area contributed by atoms with Crippen molar-refractivity contribution in [1.82, 2.24) is 10.3 Å². The third-order valence-electron chi connectivity index (χ3n) is 2.96. The summed E-state index contributed by atoms with van der Waals surface area (Å²) in [6.45, 7) is 8.09. The van der Waals surface area contributed by atoms with Gasteiger partial charge in [0.15, 0.2) is 5.13 Å². The van der Waals surface area contributed by atoms with E-state index < -0.39 is 0 Å². The highest BCUT2D eigenvalue weighted by Gasteiger charge is 2.12. The second kappa shape index (κ2) is 9.28. The number of nitrogens with one attached hydrogen (secondary N) is 1. The van der Waals surface area contributed by atoms with E-state index >= 15 is 0 Å². The van der Waals surface area contributed by atoms with Crippen molar-refractivity contribution < 1.29 is 4.74 Å². The number of hydrogen-bond acceptors (Lipinski definition) is 5. The zero-order valence-electron chi connectivity index (χ0n) is 12.7. The fraction of sp³-hybridized carbons (Fsp3) is 0.786. The average molecular weight is 285 g/mol. The second-order valence-corrected chi connectivity index (χ2v) is 5.73. The van der Waals surface area contributed by atoms with Crippen LogP contribution in [-0.2, 0) is 17.7 Å². The van der Waals surface area contributed by atoms with E-state index in [2.05, 4.69) is 31.1 Å². The van der Waals surface area contributed by atoms with Gasteiger partial charge in [-0.25, -0.2) is 4.98 Å². The first-order valence-corrected chi connectivity index (χ1v) is 7.93. The molecule has 0 aliphatic carbocycles. The number of nitrogens with zero attached hydrogens (tertiary/aromatic N) is 2. The topological polar surface area (TPSA) is 37.4 Å². The van der Waals surface area contributed by atoms with E-state index in [0.29, 0.717) is 0 Å². The van der Waals surface area contributed by atoms with Crippen LogP contribution < -0.4 is 10.2 Å². The van der Waals surface area contributed by atoms with Gasteiger partial charge < -0.3 is 15.0 Å². The number of ether oxygens (including phenoxy) is 1. The number of methoxy groups -OCH3 is 1. The summed E-state index contributed by atoms with van der Waals surface area (Å²) in [4.78, 5) is 8.42. The average Bonchev–Trinajstić information content (AvgIpc) is 2.80. The molecule has 0 aromatic carbocycles. The molecule has 5 heteroatoms. The molecule has 1 N–H and O–H groups in total. The predicted molar refractivity (Wildman–Crippen MR) is 83.3 cm³/mol. The molecule has 0 aliphatic rings. The number of hydrogen-bond donors (Lipinski definition) is 1. The first-order chi connectivity index (χ1) is 9.22. The Morgan fingerprint density at radius 2 is 2.16 bits per heavy atom. The maximum absolute atomic E-state index is 5.10. The molecule has 1 rings (SSSR count). The molecule has 110 valence electrons. The molecule has 0 aliphatic heterocycles. The van der Waals surface area contributed by atoms with Gasteiger partial charge in [0.25, 0.3) is 0 Å². The quantitative estimate of drug-likeness (QED) is 0.671. The minimum atomic E-state index is 0.807. The number of aromatic nitrogens is 1. The molecule has 1 aromatic rings. The van der Waals surface area contributed by atoms with Gasteiger partial charge in [0.1, 0.15) is 0 Å². The van der Waals surface area contributed by atoms with Crippen LogP contribution in [0.5, 0.6) is 0 Å². The molecule has 0 atom stereocenters. The Bertz CT molecular complexity index is 354. The molecule has 0 amide bonds. The third-order valence-corrected chi connectivity index (χ3v) is 4.17. The summed E-state index contributed by atoms with van der Waals surface area (Å²) in [6, 6.07) is 0. The number of rotatable bonds is 10. The highest BCUT2D eigenvalue weighted by atomic mass is 32.1. The van der Waals surface area contributed by atoms with Gasteiger partial charge in [0, 0.05) is 38.7 Å². The van der Waals surface area contributed by atoms with E-state index in [9.17, 15) is 0 Å². The largest absolute Gasteiger partial charge is 0.385 e. The molecule has 1 heterocycles. The van der Waals surface area contributed by atoms with Gasteiger partial charge in [-0.2, -0.15) is 0 Å². The fourth-order valence-corrected chi connectivity index (χ4v) is 2.95. The molecule has 0 bridgehead atoms. The Morgan fingerprint density at radius 1 is 1.37 bits per heavy atom. The van der Waals surface area contributed by atoms with Gasteiger partial charge in [-0.1, -0.05) is 20.3 Å². The van der Waals surface area contributed by atoms with Crippen LogP contribution in [0.15, 0.2) is 0 Å². The van der Waals surface area contributed by atoms with Crippen LogP contribution in [0.3, 0.4) is 0 Å². The van der Waals surface area contributed by atoms with Crippen molar-refractivity contribution in [2.45, 2.75) is 39.7 Å². The Morgan fingerprint density at radius 3 is 2.79 bits per heavy atom. The Balaban J connectivity index is 2.66. The van der Waals surface area contributed by atoms with Gasteiger partial charge in [0.05, 0.1) is 5.69 Å². The first kappa shape index (κ1) is 16.4. The third kappa shape index (κ3) is 5.47. The van der Waals surface area contributed by atoms with Crippen LogP contribution >= 0.6 is 11.3 Å². The summed E-state index contributed by atoms with van der Waals surface area (Å²) in [7, 11) is 3.86. The van der Waals surface area contributed by atoms with Crippen LogP contribution in [0.4, 0.5) is 5.13 Å². The molecule has 0 saturated heterocycles. The van der Waals surface area contributed by atoms with E-state index in [1.807, 2.05) is 11.3 Å². The Hall–Kier alpha value is -0.650. The zero-order chi connectivity index (χ0) is 14.1. The highest BCUT2D eigenvalue weighted by molar-refractivity contribution is 7.15. The molecule has 1 aromatic heterocycles. The standard InChI is InChI=1S/C14H27N3OS/c1-5-8-12-13(11-15-6-2)19-14(16-12)17(3)9-7-10-18-4/h15H,5-11H2,1-4H3. The van der Waals surface area contributed by atoms with Crippen LogP contribution in [-0.4, -0.2) is 38.8 Å². The van der Waals surface area contributed by atoms with Crippen LogP contribution in [0.25, 0.3) is 0 Å². The molecule has 0 spiro atoms. The fourth-order valence-electron chi connectivity index (χ4n) is 1.88. The number of aryl methyl sites for hydroxylation is 1. The van der Waals surface area contributed by atoms with Gasteiger partial charge in [-0.05, 0) is 19.4 Å². The lowest BCUT2D eigenvalue weighted by molar-refractivity contribution is 0.196. The second-order valence-electron chi connectivity index (χ2n) is 4.66. The van der Waals surface area contributed by atoms with E-state index in [0.717, 1.165) is 50.6 Å². The van der Waals surface area contributed by atoms with E-state index in [4.69, 9.17) is 9.72 Å². The molecule has 0 fully saturated rings. The first-order valence-electron chi connectivity index (χ1n) is 7.12. The predicted octanol–water partition coefficient (Wildman–Crippen LogP) is 2.68. The maximum Gasteiger partial charge on any atom is 0.185 e. The number of anilines is 1. The molecule has 0 unspecified atom stereocenters. The van der Waals surface area contributed by atoms with Gasteiger partial charge in [0.2, 0.25) is 0 Å².